The van der Waals surface area contributed by atoms with Gasteiger partial charge in [-0.3, -0.25) is 9.36 Å². The summed E-state index contributed by atoms with van der Waals surface area (Å²) in [6.07, 6.45) is -0.514. The number of carboxylic acid groups (broad SMARTS) is 1. The maximum atomic E-state index is 14.3. The molecule has 0 spiro atoms. The van der Waals surface area contributed by atoms with Crippen molar-refractivity contribution in [3.63, 3.8) is 0 Å². The molecule has 40 heavy (non-hydrogen) atoms. The normalized spacial score (nSPS) is 13.5. The van der Waals surface area contributed by atoms with Crippen molar-refractivity contribution in [3.05, 3.63) is 102 Å². The zero-order chi connectivity index (χ0) is 28.4. The molecule has 0 aliphatic heterocycles. The van der Waals surface area contributed by atoms with Crippen molar-refractivity contribution in [2.75, 3.05) is 12.0 Å². The van der Waals surface area contributed by atoms with Crippen LogP contribution in [-0.4, -0.2) is 40.4 Å². The summed E-state index contributed by atoms with van der Waals surface area (Å²) in [6, 6.07) is 25.0. The predicted octanol–water partition coefficient (Wildman–Crippen LogP) is 6.37. The van der Waals surface area contributed by atoms with Crippen LogP contribution in [0.15, 0.2) is 95.5 Å². The molecule has 204 valence electrons. The Labute approximate surface area is 230 Å². The van der Waals surface area contributed by atoms with Gasteiger partial charge in [0.15, 0.2) is 0 Å². The quantitative estimate of drug-likeness (QED) is 0.249. The number of hydrogen-bond donors (Lipinski definition) is 2. The standard InChI is InChI=1S/C31H29N3O6/c1-20(21-11-5-4-6-12-21)32-28(35)31(2,18-23-19-33(29(36)37)25-15-9-8-14-24(23)25)34(30(38)39-3)27-17-22-13-7-10-16-26(22)40-27/h4-17,19-20H,18H2,1-3H3,(H,32,35)(H,36,37). The number of ether oxygens (including phenoxy) is 1. The molecule has 5 aromatic rings. The lowest BCUT2D eigenvalue weighted by Crippen LogP contribution is -2.61. The van der Waals surface area contributed by atoms with Gasteiger partial charge in [-0.2, -0.15) is 0 Å². The van der Waals surface area contributed by atoms with E-state index in [9.17, 15) is 19.5 Å². The predicted molar refractivity (Wildman–Crippen MR) is 152 cm³/mol. The van der Waals surface area contributed by atoms with Crippen LogP contribution in [0, 0.1) is 0 Å². The summed E-state index contributed by atoms with van der Waals surface area (Å²) in [5.41, 5.74) is 0.854. The van der Waals surface area contributed by atoms with Gasteiger partial charge in [-0.25, -0.2) is 14.5 Å². The van der Waals surface area contributed by atoms with Crippen LogP contribution in [0.5, 0.6) is 0 Å². The van der Waals surface area contributed by atoms with Crippen LogP contribution in [0.2, 0.25) is 0 Å². The monoisotopic (exact) mass is 539 g/mol. The van der Waals surface area contributed by atoms with Gasteiger partial charge in [0.05, 0.1) is 18.7 Å². The van der Waals surface area contributed by atoms with E-state index in [1.165, 1.54) is 18.2 Å². The Morgan fingerprint density at radius 3 is 2.40 bits per heavy atom. The molecule has 2 N–H and O–H groups in total. The smallest absolute Gasteiger partial charge is 0.417 e. The summed E-state index contributed by atoms with van der Waals surface area (Å²) in [7, 11) is 1.24. The molecule has 0 radical (unpaired) electrons. The molecule has 0 saturated heterocycles. The van der Waals surface area contributed by atoms with Crippen LogP contribution in [-0.2, 0) is 16.0 Å². The molecule has 9 nitrogen and oxygen atoms in total. The zero-order valence-electron chi connectivity index (χ0n) is 22.3. The van der Waals surface area contributed by atoms with Gasteiger partial charge >= 0.3 is 12.2 Å². The molecule has 5 rings (SSSR count). The molecule has 2 unspecified atom stereocenters. The number of aromatic nitrogens is 1. The molecule has 0 aliphatic carbocycles. The number of anilines is 1. The molecule has 0 saturated carbocycles. The van der Waals surface area contributed by atoms with E-state index in [0.717, 1.165) is 15.5 Å². The number of rotatable bonds is 7. The maximum Gasteiger partial charge on any atom is 0.417 e. The van der Waals surface area contributed by atoms with Crippen LogP contribution in [0.1, 0.15) is 31.0 Å². The minimum absolute atomic E-state index is 0.0344. The molecule has 9 heteroatoms. The highest BCUT2D eigenvalue weighted by Gasteiger charge is 2.46. The highest BCUT2D eigenvalue weighted by atomic mass is 16.5. The summed E-state index contributed by atoms with van der Waals surface area (Å²) in [6.45, 7) is 3.48. The second kappa shape index (κ2) is 10.6. The minimum Gasteiger partial charge on any atom is -0.464 e. The van der Waals surface area contributed by atoms with Crippen molar-refractivity contribution in [1.82, 2.24) is 9.88 Å². The van der Waals surface area contributed by atoms with Crippen LogP contribution in [0.4, 0.5) is 15.5 Å². The number of furan rings is 1. The number of methoxy groups -OCH3 is 1. The van der Waals surface area contributed by atoms with Gasteiger partial charge in [0.2, 0.25) is 11.8 Å². The minimum atomic E-state index is -1.60. The summed E-state index contributed by atoms with van der Waals surface area (Å²) >= 11 is 0. The Bertz CT molecular complexity index is 1670. The van der Waals surface area contributed by atoms with E-state index >= 15 is 0 Å². The summed E-state index contributed by atoms with van der Waals surface area (Å²) in [4.78, 5) is 40.9. The fraction of sp³-hybridized carbons (Fsp3) is 0.194. The fourth-order valence-corrected chi connectivity index (χ4v) is 5.06. The van der Waals surface area contributed by atoms with Crippen molar-refractivity contribution in [2.24, 2.45) is 0 Å². The van der Waals surface area contributed by atoms with Gasteiger partial charge < -0.3 is 19.6 Å². The van der Waals surface area contributed by atoms with Crippen molar-refractivity contribution < 1.29 is 28.6 Å². The van der Waals surface area contributed by atoms with E-state index in [1.807, 2.05) is 55.5 Å². The second-order valence-corrected chi connectivity index (χ2v) is 9.81. The average Bonchev–Trinajstić information content (AvgIpc) is 3.55. The first-order valence-electron chi connectivity index (χ1n) is 12.8. The first-order chi connectivity index (χ1) is 19.2. The molecule has 2 aromatic heterocycles. The largest absolute Gasteiger partial charge is 0.464 e. The van der Waals surface area contributed by atoms with Gasteiger partial charge in [0.25, 0.3) is 0 Å². The van der Waals surface area contributed by atoms with Crippen LogP contribution in [0.3, 0.4) is 0 Å². The Morgan fingerprint density at radius 1 is 1.02 bits per heavy atom. The first-order valence-corrected chi connectivity index (χ1v) is 12.8. The van der Waals surface area contributed by atoms with E-state index in [2.05, 4.69) is 5.32 Å². The number of nitrogens with one attached hydrogen (secondary N) is 1. The lowest BCUT2D eigenvalue weighted by Gasteiger charge is -2.38. The molecule has 0 bridgehead atoms. The molecular formula is C31H29N3O6. The number of amides is 2. The van der Waals surface area contributed by atoms with Gasteiger partial charge in [0, 0.05) is 29.5 Å². The van der Waals surface area contributed by atoms with E-state index < -0.39 is 23.6 Å². The molecular weight excluding hydrogens is 510 g/mol. The van der Waals surface area contributed by atoms with Gasteiger partial charge in [-0.05, 0) is 37.1 Å². The van der Waals surface area contributed by atoms with Crippen molar-refractivity contribution in [1.29, 1.82) is 0 Å². The lowest BCUT2D eigenvalue weighted by molar-refractivity contribution is -0.126. The average molecular weight is 540 g/mol. The third-order valence-electron chi connectivity index (χ3n) is 7.16. The highest BCUT2D eigenvalue weighted by molar-refractivity contribution is 6.02. The summed E-state index contributed by atoms with van der Waals surface area (Å²) in [5.74, 6) is -0.345. The Balaban J connectivity index is 1.66. The lowest BCUT2D eigenvalue weighted by atomic mass is 9.89. The molecule has 2 heterocycles. The third kappa shape index (κ3) is 4.77. The maximum absolute atomic E-state index is 14.3. The van der Waals surface area contributed by atoms with Crippen LogP contribution < -0.4 is 10.2 Å². The Hall–Kier alpha value is -5.05. The number of fused-ring (bicyclic) bond motifs is 2. The Kier molecular flexibility index (Phi) is 7.04. The highest BCUT2D eigenvalue weighted by Crippen LogP contribution is 2.36. The zero-order valence-corrected chi connectivity index (χ0v) is 22.3. The molecule has 3 aromatic carbocycles. The van der Waals surface area contributed by atoms with Gasteiger partial charge in [-0.1, -0.05) is 66.7 Å². The number of carbonyl (C=O) groups is 3. The molecule has 2 amide bonds. The van der Waals surface area contributed by atoms with Crippen LogP contribution >= 0.6 is 0 Å². The second-order valence-electron chi connectivity index (χ2n) is 9.81. The number of hydrogen-bond acceptors (Lipinski definition) is 5. The molecule has 0 fully saturated rings. The topological polar surface area (TPSA) is 114 Å². The SMILES string of the molecule is COC(=O)N(c1cc2ccccc2o1)C(C)(Cc1cn(C(=O)O)c2ccccc12)C(=O)NC(C)c1ccccc1. The van der Waals surface area contributed by atoms with E-state index in [4.69, 9.17) is 9.15 Å². The summed E-state index contributed by atoms with van der Waals surface area (Å²) in [5, 5.41) is 14.3. The number of benzene rings is 3. The van der Waals surface area contributed by atoms with Crippen molar-refractivity contribution in [2.45, 2.75) is 31.8 Å². The summed E-state index contributed by atoms with van der Waals surface area (Å²) < 4.78 is 12.3. The Morgan fingerprint density at radius 2 is 1.70 bits per heavy atom. The first kappa shape index (κ1) is 26.6. The van der Waals surface area contributed by atoms with Crippen molar-refractivity contribution in [3.8, 4) is 0 Å². The van der Waals surface area contributed by atoms with E-state index in [0.29, 0.717) is 22.0 Å². The van der Waals surface area contributed by atoms with E-state index in [-0.39, 0.29) is 18.3 Å². The molecule has 2 atom stereocenters. The molecule has 0 aliphatic rings. The third-order valence-corrected chi connectivity index (χ3v) is 7.16. The number of carbonyl (C=O) groups excluding carboxylic acids is 2. The van der Waals surface area contributed by atoms with Gasteiger partial charge in [-0.15, -0.1) is 0 Å². The van der Waals surface area contributed by atoms with Gasteiger partial charge in [0.1, 0.15) is 11.1 Å². The van der Waals surface area contributed by atoms with Crippen LogP contribution in [0.25, 0.3) is 21.9 Å². The van der Waals surface area contributed by atoms with Crippen molar-refractivity contribution >= 4 is 45.9 Å². The number of nitrogens with zero attached hydrogens (tertiary/aromatic N) is 2. The van der Waals surface area contributed by atoms with E-state index in [1.54, 1.807) is 43.3 Å². The number of para-hydroxylation sites is 2. The fourth-order valence-electron chi connectivity index (χ4n) is 5.06.